The first-order valence-corrected chi connectivity index (χ1v) is 12.6. The molecule has 0 saturated heterocycles. The molecule has 0 aliphatic heterocycles. The van der Waals surface area contributed by atoms with Gasteiger partial charge in [-0.2, -0.15) is 0 Å². The minimum atomic E-state index is -4.79. The van der Waals surface area contributed by atoms with Gasteiger partial charge in [0.05, 0.1) is 11.6 Å². The van der Waals surface area contributed by atoms with Crippen molar-refractivity contribution in [2.75, 3.05) is 7.11 Å². The maximum Gasteiger partial charge on any atom is 0.573 e. The second kappa shape index (κ2) is 12.1. The van der Waals surface area contributed by atoms with Crippen molar-refractivity contribution in [3.8, 4) is 28.3 Å². The van der Waals surface area contributed by atoms with Gasteiger partial charge in [-0.05, 0) is 51.8 Å². The van der Waals surface area contributed by atoms with Crippen molar-refractivity contribution in [2.24, 2.45) is 0 Å². The highest BCUT2D eigenvalue weighted by atomic mass is 79.9. The van der Waals surface area contributed by atoms with Crippen molar-refractivity contribution in [1.29, 1.82) is 0 Å². The lowest BCUT2D eigenvalue weighted by atomic mass is 10.0. The van der Waals surface area contributed by atoms with E-state index in [1.807, 2.05) is 24.3 Å². The molecule has 38 heavy (non-hydrogen) atoms. The summed E-state index contributed by atoms with van der Waals surface area (Å²) in [5.74, 6) is 0.291. The predicted octanol–water partition coefficient (Wildman–Crippen LogP) is 7.58. The summed E-state index contributed by atoms with van der Waals surface area (Å²) < 4.78 is 49.9. The van der Waals surface area contributed by atoms with Gasteiger partial charge >= 0.3 is 6.36 Å². The largest absolute Gasteiger partial charge is 0.573 e. The third-order valence-electron chi connectivity index (χ3n) is 5.07. The van der Waals surface area contributed by atoms with Crippen LogP contribution in [0.4, 0.5) is 13.2 Å². The Morgan fingerprint density at radius 2 is 1.71 bits per heavy atom. The molecule has 0 aliphatic carbocycles. The molecule has 0 spiro atoms. The number of nitrogens with zero attached hydrogens (tertiary/aromatic N) is 3. The van der Waals surface area contributed by atoms with Gasteiger partial charge in [-0.15, -0.1) is 24.5 Å². The summed E-state index contributed by atoms with van der Waals surface area (Å²) in [6.07, 6.45) is -0.221. The number of benzene rings is 3. The SMILES string of the molecule is COc1ccccc1Br.O=C(c1cn(-c2cccc(-c3ccccc3OC(F)(F)F)c2)cn1)c1nccs1. The van der Waals surface area contributed by atoms with Crippen LogP contribution in [-0.4, -0.2) is 33.8 Å². The van der Waals surface area contributed by atoms with Crippen molar-refractivity contribution >= 4 is 33.0 Å². The van der Waals surface area contributed by atoms with E-state index in [1.165, 1.54) is 29.8 Å². The van der Waals surface area contributed by atoms with Crippen LogP contribution in [-0.2, 0) is 0 Å². The number of ketones is 1. The van der Waals surface area contributed by atoms with Gasteiger partial charge in [-0.25, -0.2) is 9.97 Å². The number of ether oxygens (including phenoxy) is 2. The number of methoxy groups -OCH3 is 1. The summed E-state index contributed by atoms with van der Waals surface area (Å²) in [5, 5.41) is 2.04. The van der Waals surface area contributed by atoms with Crippen LogP contribution in [0, 0.1) is 0 Å². The lowest BCUT2D eigenvalue weighted by molar-refractivity contribution is -0.274. The van der Waals surface area contributed by atoms with Crippen LogP contribution in [0.5, 0.6) is 11.5 Å². The van der Waals surface area contributed by atoms with Crippen LogP contribution in [0.15, 0.2) is 101 Å². The number of imidazole rings is 1. The van der Waals surface area contributed by atoms with Crippen molar-refractivity contribution in [1.82, 2.24) is 14.5 Å². The molecule has 11 heteroatoms. The fourth-order valence-electron chi connectivity index (χ4n) is 3.39. The first-order valence-electron chi connectivity index (χ1n) is 11.0. The number of carbonyl (C=O) groups is 1. The maximum atomic E-state index is 12.7. The second-order valence-electron chi connectivity index (χ2n) is 7.56. The Labute approximate surface area is 228 Å². The lowest BCUT2D eigenvalue weighted by Gasteiger charge is -2.14. The third kappa shape index (κ3) is 6.87. The monoisotopic (exact) mass is 601 g/mol. The number of aromatic nitrogens is 3. The lowest BCUT2D eigenvalue weighted by Crippen LogP contribution is -2.17. The Bertz CT molecular complexity index is 1520. The normalized spacial score (nSPS) is 10.9. The molecule has 0 saturated carbocycles. The molecule has 0 amide bonds. The molecule has 6 nitrogen and oxygen atoms in total. The fourth-order valence-corrected chi connectivity index (χ4v) is 4.42. The average molecular weight is 602 g/mol. The quantitative estimate of drug-likeness (QED) is 0.188. The number of alkyl halides is 3. The molecule has 0 N–H and O–H groups in total. The highest BCUT2D eigenvalue weighted by Crippen LogP contribution is 2.34. The van der Waals surface area contributed by atoms with Gasteiger partial charge in [-0.3, -0.25) is 4.79 Å². The molecule has 3 aromatic carbocycles. The molecule has 0 radical (unpaired) electrons. The van der Waals surface area contributed by atoms with E-state index >= 15 is 0 Å². The summed E-state index contributed by atoms with van der Waals surface area (Å²) >= 11 is 4.55. The molecule has 194 valence electrons. The summed E-state index contributed by atoms with van der Waals surface area (Å²) in [4.78, 5) is 20.5. The van der Waals surface area contributed by atoms with Crippen molar-refractivity contribution in [3.05, 3.63) is 112 Å². The van der Waals surface area contributed by atoms with Gasteiger partial charge in [0.1, 0.15) is 23.5 Å². The molecule has 2 heterocycles. The van der Waals surface area contributed by atoms with Crippen LogP contribution in [0.3, 0.4) is 0 Å². The van der Waals surface area contributed by atoms with E-state index in [2.05, 4.69) is 30.6 Å². The molecule has 0 aliphatic rings. The maximum absolute atomic E-state index is 12.7. The number of hydrogen-bond donors (Lipinski definition) is 0. The zero-order valence-corrected chi connectivity index (χ0v) is 22.1. The zero-order chi connectivity index (χ0) is 27.1. The second-order valence-corrected chi connectivity index (χ2v) is 9.31. The van der Waals surface area contributed by atoms with Crippen molar-refractivity contribution in [3.63, 3.8) is 0 Å². The Morgan fingerprint density at radius 3 is 2.37 bits per heavy atom. The molecule has 0 bridgehead atoms. The van der Waals surface area contributed by atoms with Gasteiger partial charge < -0.3 is 14.0 Å². The van der Waals surface area contributed by atoms with Crippen LogP contribution < -0.4 is 9.47 Å². The molecule has 0 atom stereocenters. The van der Waals surface area contributed by atoms with Gasteiger partial charge in [0.2, 0.25) is 5.78 Å². The number of halogens is 4. The highest BCUT2D eigenvalue weighted by molar-refractivity contribution is 9.10. The van der Waals surface area contributed by atoms with Crippen LogP contribution in [0.2, 0.25) is 0 Å². The summed E-state index contributed by atoms with van der Waals surface area (Å²) in [5.41, 5.74) is 1.69. The van der Waals surface area contributed by atoms with E-state index in [-0.39, 0.29) is 17.2 Å². The van der Waals surface area contributed by atoms with E-state index in [0.717, 1.165) is 10.2 Å². The van der Waals surface area contributed by atoms with E-state index in [0.29, 0.717) is 21.8 Å². The minimum Gasteiger partial charge on any atom is -0.496 e. The van der Waals surface area contributed by atoms with Gasteiger partial charge in [0, 0.05) is 29.0 Å². The Morgan fingerprint density at radius 1 is 0.974 bits per heavy atom. The Balaban J connectivity index is 0.000000317. The molecule has 5 rings (SSSR count). The van der Waals surface area contributed by atoms with E-state index < -0.39 is 6.36 Å². The third-order valence-corrected chi connectivity index (χ3v) is 6.49. The minimum absolute atomic E-state index is 0.228. The van der Waals surface area contributed by atoms with Crippen LogP contribution >= 0.6 is 27.3 Å². The van der Waals surface area contributed by atoms with Crippen LogP contribution in [0.25, 0.3) is 16.8 Å². The van der Waals surface area contributed by atoms with Gasteiger partial charge in [0.25, 0.3) is 0 Å². The Hall–Kier alpha value is -3.96. The molecular weight excluding hydrogens is 583 g/mol. The molecule has 0 unspecified atom stereocenters. The number of para-hydroxylation sites is 2. The van der Waals surface area contributed by atoms with E-state index in [9.17, 15) is 18.0 Å². The average Bonchev–Trinajstić information content (AvgIpc) is 3.62. The summed E-state index contributed by atoms with van der Waals surface area (Å²) in [7, 11) is 1.65. The smallest absolute Gasteiger partial charge is 0.496 e. The topological polar surface area (TPSA) is 66.2 Å². The highest BCUT2D eigenvalue weighted by Gasteiger charge is 2.32. The zero-order valence-electron chi connectivity index (χ0n) is 19.7. The van der Waals surface area contributed by atoms with Crippen LogP contribution in [0.1, 0.15) is 15.5 Å². The van der Waals surface area contributed by atoms with E-state index in [1.54, 1.807) is 65.8 Å². The summed E-state index contributed by atoms with van der Waals surface area (Å²) in [6, 6.07) is 20.5. The van der Waals surface area contributed by atoms with Gasteiger partial charge in [-0.1, -0.05) is 42.5 Å². The van der Waals surface area contributed by atoms with Crippen molar-refractivity contribution in [2.45, 2.75) is 6.36 Å². The van der Waals surface area contributed by atoms with Crippen molar-refractivity contribution < 1.29 is 27.4 Å². The fraction of sp³-hybridized carbons (Fsp3) is 0.0741. The first-order chi connectivity index (χ1) is 18.2. The molecule has 2 aromatic heterocycles. The first kappa shape index (κ1) is 27.1. The molecule has 5 aromatic rings. The number of thiazole rings is 1. The predicted molar refractivity (Wildman–Crippen MR) is 142 cm³/mol. The van der Waals surface area contributed by atoms with Gasteiger partial charge in [0.15, 0.2) is 5.01 Å². The number of hydrogen-bond acceptors (Lipinski definition) is 6. The van der Waals surface area contributed by atoms with E-state index in [4.69, 9.17) is 4.74 Å². The molecular formula is C27H19BrF3N3O3S. The Kier molecular flexibility index (Phi) is 8.59. The number of carbonyl (C=O) groups excluding carboxylic acids is 1. The molecule has 0 fully saturated rings. The number of rotatable bonds is 6. The summed E-state index contributed by atoms with van der Waals surface area (Å²) in [6.45, 7) is 0. The standard InChI is InChI=1S/C20H12F3N3O2S.C7H7BrO/c21-20(22,23)28-17-7-2-1-6-15(17)13-4-3-5-14(10-13)26-11-16(25-12-26)18(27)19-24-8-9-29-19;1-9-7-5-3-2-4-6(7)8/h1-12H;2-5H,1H3.